The Morgan fingerprint density at radius 1 is 0.389 bits per heavy atom. The fourth-order valence-corrected chi connectivity index (χ4v) is 2.81. The molecular weight excluding hydrogens is 472 g/mol. The number of carbonyl (C=O) groups excluding carboxylic acids is 2. The predicted octanol–water partition coefficient (Wildman–Crippen LogP) is 3.33. The van der Waals surface area contributed by atoms with Gasteiger partial charge in [0.2, 0.25) is 0 Å². The van der Waals surface area contributed by atoms with Crippen LogP contribution in [0.1, 0.15) is 65.2 Å². The molecule has 0 spiro atoms. The van der Waals surface area contributed by atoms with E-state index < -0.39 is 0 Å². The van der Waals surface area contributed by atoms with Crippen molar-refractivity contribution in [2.24, 2.45) is 0 Å². The summed E-state index contributed by atoms with van der Waals surface area (Å²) in [5.41, 5.74) is 0. The van der Waals surface area contributed by atoms with Gasteiger partial charge in [0.15, 0.2) is 0 Å². The van der Waals surface area contributed by atoms with E-state index in [2.05, 4.69) is 13.8 Å². The zero-order valence-corrected chi connectivity index (χ0v) is 22.6. The van der Waals surface area contributed by atoms with E-state index in [4.69, 9.17) is 37.9 Å². The number of rotatable bonds is 29. The standard InChI is InChI=1S/C26H50O10/c1-3-5-7-9-25(27)35-23-21-33-19-17-31-15-13-29-11-12-30-14-16-32-18-20-34-22-24-36-26(28)10-8-6-4-2/h3-24H2,1-2H3. The Bertz CT molecular complexity index is 434. The summed E-state index contributed by atoms with van der Waals surface area (Å²) in [5.74, 6) is -0.320. The third-order valence-corrected chi connectivity index (χ3v) is 4.81. The van der Waals surface area contributed by atoms with Gasteiger partial charge in [0, 0.05) is 12.8 Å². The highest BCUT2D eigenvalue weighted by molar-refractivity contribution is 5.69. The van der Waals surface area contributed by atoms with E-state index in [0.717, 1.165) is 38.5 Å². The van der Waals surface area contributed by atoms with Gasteiger partial charge >= 0.3 is 11.9 Å². The first-order valence-corrected chi connectivity index (χ1v) is 13.5. The second-order valence-electron chi connectivity index (χ2n) is 8.03. The van der Waals surface area contributed by atoms with Crippen molar-refractivity contribution in [2.75, 3.05) is 92.5 Å². The van der Waals surface area contributed by atoms with E-state index in [1.54, 1.807) is 0 Å². The largest absolute Gasteiger partial charge is 0.463 e. The number of esters is 2. The molecule has 10 heteroatoms. The van der Waals surface area contributed by atoms with Crippen molar-refractivity contribution in [3.05, 3.63) is 0 Å². The van der Waals surface area contributed by atoms with Gasteiger partial charge in [0.25, 0.3) is 0 Å². The van der Waals surface area contributed by atoms with Gasteiger partial charge in [-0.05, 0) is 12.8 Å². The Kier molecular flexibility index (Phi) is 28.8. The van der Waals surface area contributed by atoms with Crippen molar-refractivity contribution in [2.45, 2.75) is 65.2 Å². The van der Waals surface area contributed by atoms with Crippen LogP contribution in [0.15, 0.2) is 0 Å². The summed E-state index contributed by atoms with van der Waals surface area (Å²) in [4.78, 5) is 22.8. The van der Waals surface area contributed by atoms with Gasteiger partial charge in [-0.1, -0.05) is 39.5 Å². The van der Waals surface area contributed by atoms with Crippen LogP contribution in [-0.4, -0.2) is 104 Å². The molecule has 0 aromatic carbocycles. The van der Waals surface area contributed by atoms with Crippen molar-refractivity contribution in [3.63, 3.8) is 0 Å². The van der Waals surface area contributed by atoms with Crippen LogP contribution in [0, 0.1) is 0 Å². The van der Waals surface area contributed by atoms with Gasteiger partial charge < -0.3 is 37.9 Å². The highest BCUT2D eigenvalue weighted by atomic mass is 16.6. The lowest BCUT2D eigenvalue weighted by molar-refractivity contribution is -0.146. The summed E-state index contributed by atoms with van der Waals surface area (Å²) in [6.07, 6.45) is 6.99. The Balaban J connectivity index is 3.12. The van der Waals surface area contributed by atoms with Crippen LogP contribution in [0.25, 0.3) is 0 Å². The smallest absolute Gasteiger partial charge is 0.305 e. The van der Waals surface area contributed by atoms with Crippen LogP contribution in [0.3, 0.4) is 0 Å². The van der Waals surface area contributed by atoms with Crippen LogP contribution < -0.4 is 0 Å². The summed E-state index contributed by atoms with van der Waals surface area (Å²) in [6, 6.07) is 0. The second-order valence-corrected chi connectivity index (χ2v) is 8.03. The molecule has 0 bridgehead atoms. The minimum atomic E-state index is -0.160. The first-order chi connectivity index (χ1) is 17.7. The van der Waals surface area contributed by atoms with E-state index in [0.29, 0.717) is 92.1 Å². The van der Waals surface area contributed by atoms with Gasteiger partial charge in [-0.15, -0.1) is 0 Å². The average molecular weight is 523 g/mol. The molecule has 0 atom stereocenters. The summed E-state index contributed by atoms with van der Waals surface area (Å²) in [6.45, 7) is 10.3. The average Bonchev–Trinajstić information content (AvgIpc) is 2.87. The molecule has 0 aliphatic rings. The number of ether oxygens (including phenoxy) is 8. The summed E-state index contributed by atoms with van der Waals surface area (Å²) in [5, 5.41) is 0. The van der Waals surface area contributed by atoms with E-state index in [9.17, 15) is 9.59 Å². The zero-order chi connectivity index (χ0) is 26.4. The van der Waals surface area contributed by atoms with Gasteiger partial charge in [-0.3, -0.25) is 9.59 Å². The lowest BCUT2D eigenvalue weighted by atomic mass is 10.2. The van der Waals surface area contributed by atoms with Crippen molar-refractivity contribution in [1.82, 2.24) is 0 Å². The lowest BCUT2D eigenvalue weighted by Crippen LogP contribution is -2.15. The molecule has 0 aliphatic heterocycles. The Labute approximate surface area is 217 Å². The van der Waals surface area contributed by atoms with Gasteiger partial charge in [-0.25, -0.2) is 0 Å². The molecule has 0 saturated carbocycles. The molecule has 0 N–H and O–H groups in total. The third kappa shape index (κ3) is 28.9. The van der Waals surface area contributed by atoms with Crippen LogP contribution in [0.5, 0.6) is 0 Å². The molecule has 0 fully saturated rings. The molecule has 0 aliphatic carbocycles. The normalized spacial score (nSPS) is 11.1. The number of hydrogen-bond acceptors (Lipinski definition) is 10. The fraction of sp³-hybridized carbons (Fsp3) is 0.923. The molecule has 0 amide bonds. The molecule has 0 aromatic rings. The molecule has 36 heavy (non-hydrogen) atoms. The van der Waals surface area contributed by atoms with Gasteiger partial charge in [0.1, 0.15) is 13.2 Å². The Morgan fingerprint density at radius 2 is 0.639 bits per heavy atom. The molecule has 0 heterocycles. The maximum atomic E-state index is 11.4. The number of hydrogen-bond donors (Lipinski definition) is 0. The number of carbonyl (C=O) groups is 2. The quantitative estimate of drug-likeness (QED) is 0.107. The van der Waals surface area contributed by atoms with Gasteiger partial charge in [-0.2, -0.15) is 0 Å². The molecule has 10 nitrogen and oxygen atoms in total. The Hall–Kier alpha value is -1.30. The second kappa shape index (κ2) is 29.9. The van der Waals surface area contributed by atoms with E-state index in [1.165, 1.54) is 0 Å². The van der Waals surface area contributed by atoms with E-state index in [1.807, 2.05) is 0 Å². The maximum Gasteiger partial charge on any atom is 0.305 e. The molecule has 0 saturated heterocycles. The van der Waals surface area contributed by atoms with Crippen molar-refractivity contribution < 1.29 is 47.5 Å². The fourth-order valence-electron chi connectivity index (χ4n) is 2.81. The molecular formula is C26H50O10. The summed E-state index contributed by atoms with van der Waals surface area (Å²) < 4.78 is 42.5. The molecule has 0 unspecified atom stereocenters. The van der Waals surface area contributed by atoms with Gasteiger partial charge in [0.05, 0.1) is 79.3 Å². The molecule has 0 aromatic heterocycles. The van der Waals surface area contributed by atoms with Crippen molar-refractivity contribution >= 4 is 11.9 Å². The van der Waals surface area contributed by atoms with Crippen LogP contribution in [0.2, 0.25) is 0 Å². The molecule has 0 rings (SSSR count). The first kappa shape index (κ1) is 34.7. The predicted molar refractivity (Wildman–Crippen MR) is 135 cm³/mol. The zero-order valence-electron chi connectivity index (χ0n) is 22.6. The number of unbranched alkanes of at least 4 members (excludes halogenated alkanes) is 4. The highest BCUT2D eigenvalue weighted by Gasteiger charge is 2.02. The minimum absolute atomic E-state index is 0.160. The first-order valence-electron chi connectivity index (χ1n) is 13.5. The third-order valence-electron chi connectivity index (χ3n) is 4.81. The summed E-state index contributed by atoms with van der Waals surface area (Å²) >= 11 is 0. The summed E-state index contributed by atoms with van der Waals surface area (Å²) in [7, 11) is 0. The van der Waals surface area contributed by atoms with E-state index >= 15 is 0 Å². The SMILES string of the molecule is CCCCCC(=O)OCCOCCOCCOCCOCCOCCOCCOC(=O)CCCCC. The highest BCUT2D eigenvalue weighted by Crippen LogP contribution is 2.01. The molecule has 214 valence electrons. The Morgan fingerprint density at radius 3 is 0.889 bits per heavy atom. The van der Waals surface area contributed by atoms with Crippen LogP contribution in [-0.2, 0) is 47.5 Å². The topological polar surface area (TPSA) is 108 Å². The molecule has 0 radical (unpaired) electrons. The van der Waals surface area contributed by atoms with E-state index in [-0.39, 0.29) is 25.2 Å². The van der Waals surface area contributed by atoms with Crippen molar-refractivity contribution in [3.8, 4) is 0 Å². The monoisotopic (exact) mass is 522 g/mol. The maximum absolute atomic E-state index is 11.4. The lowest BCUT2D eigenvalue weighted by Gasteiger charge is -2.09. The van der Waals surface area contributed by atoms with Crippen LogP contribution >= 0.6 is 0 Å². The minimum Gasteiger partial charge on any atom is -0.463 e. The van der Waals surface area contributed by atoms with Crippen LogP contribution in [0.4, 0.5) is 0 Å². The van der Waals surface area contributed by atoms with Crippen molar-refractivity contribution in [1.29, 1.82) is 0 Å².